The van der Waals surface area contributed by atoms with Crippen LogP contribution in [0.3, 0.4) is 0 Å². The first-order chi connectivity index (χ1) is 11.3. The van der Waals surface area contributed by atoms with E-state index in [4.69, 9.17) is 9.47 Å². The molecular weight excluding hydrogens is 417 g/mol. The SMILES string of the molecule is CN=C(NCCCCOc1ccccc1)N1CCC(COC)C1.I. The number of hydrogen-bond acceptors (Lipinski definition) is 3. The van der Waals surface area contributed by atoms with Crippen LogP contribution in [-0.4, -0.2) is 57.9 Å². The Morgan fingerprint density at radius 2 is 2.08 bits per heavy atom. The number of methoxy groups -OCH3 is 1. The summed E-state index contributed by atoms with van der Waals surface area (Å²) in [6.45, 7) is 4.61. The number of halogens is 1. The quantitative estimate of drug-likeness (QED) is 0.288. The lowest BCUT2D eigenvalue weighted by molar-refractivity contribution is 0.157. The topological polar surface area (TPSA) is 46.1 Å². The van der Waals surface area contributed by atoms with Gasteiger partial charge in [0.2, 0.25) is 0 Å². The number of likely N-dealkylation sites (tertiary alicyclic amines) is 1. The standard InChI is InChI=1S/C18H29N3O2.HI/c1-19-18(21-12-10-16(14-21)15-22-2)20-11-6-7-13-23-17-8-4-3-5-9-17;/h3-5,8-9,16H,6-7,10-15H2,1-2H3,(H,19,20);1H. The van der Waals surface area contributed by atoms with E-state index in [1.54, 1.807) is 7.11 Å². The van der Waals surface area contributed by atoms with Gasteiger partial charge >= 0.3 is 0 Å². The molecule has 1 aliphatic rings. The predicted octanol–water partition coefficient (Wildman–Crippen LogP) is 3.01. The minimum Gasteiger partial charge on any atom is -0.494 e. The highest BCUT2D eigenvalue weighted by Gasteiger charge is 2.24. The zero-order chi connectivity index (χ0) is 16.3. The van der Waals surface area contributed by atoms with Crippen LogP contribution in [0.5, 0.6) is 5.75 Å². The van der Waals surface area contributed by atoms with E-state index in [0.717, 1.165) is 57.4 Å². The van der Waals surface area contributed by atoms with Crippen LogP contribution in [-0.2, 0) is 4.74 Å². The molecule has 0 amide bonds. The molecule has 1 aliphatic heterocycles. The monoisotopic (exact) mass is 447 g/mol. The molecule has 1 fully saturated rings. The van der Waals surface area contributed by atoms with Gasteiger partial charge in [0.15, 0.2) is 5.96 Å². The number of unbranched alkanes of at least 4 members (excludes halogenated alkanes) is 1. The highest BCUT2D eigenvalue weighted by molar-refractivity contribution is 14.0. The molecule has 1 atom stereocenters. The Labute approximate surface area is 162 Å². The molecule has 0 aromatic heterocycles. The first-order valence-electron chi connectivity index (χ1n) is 8.46. The summed E-state index contributed by atoms with van der Waals surface area (Å²) in [7, 11) is 3.62. The van der Waals surface area contributed by atoms with Gasteiger partial charge in [-0.05, 0) is 31.4 Å². The van der Waals surface area contributed by atoms with Crippen LogP contribution in [0.2, 0.25) is 0 Å². The fraction of sp³-hybridized carbons (Fsp3) is 0.611. The summed E-state index contributed by atoms with van der Waals surface area (Å²) in [4.78, 5) is 6.71. The summed E-state index contributed by atoms with van der Waals surface area (Å²) < 4.78 is 10.9. The van der Waals surface area contributed by atoms with Crippen molar-refractivity contribution in [2.24, 2.45) is 10.9 Å². The van der Waals surface area contributed by atoms with E-state index in [0.29, 0.717) is 5.92 Å². The fourth-order valence-corrected chi connectivity index (χ4v) is 2.86. The molecule has 0 aliphatic carbocycles. The van der Waals surface area contributed by atoms with Crippen LogP contribution < -0.4 is 10.1 Å². The average molecular weight is 447 g/mol. The first-order valence-corrected chi connectivity index (χ1v) is 8.46. The third kappa shape index (κ3) is 7.25. The molecule has 1 saturated heterocycles. The third-order valence-corrected chi connectivity index (χ3v) is 4.07. The highest BCUT2D eigenvalue weighted by atomic mass is 127. The smallest absolute Gasteiger partial charge is 0.193 e. The Morgan fingerprint density at radius 1 is 1.29 bits per heavy atom. The summed E-state index contributed by atoms with van der Waals surface area (Å²) in [6, 6.07) is 9.97. The number of rotatable bonds is 8. The van der Waals surface area contributed by atoms with E-state index in [-0.39, 0.29) is 24.0 Å². The van der Waals surface area contributed by atoms with Crippen LogP contribution in [0.15, 0.2) is 35.3 Å². The molecule has 0 saturated carbocycles. The molecule has 0 radical (unpaired) electrons. The van der Waals surface area contributed by atoms with E-state index in [2.05, 4.69) is 15.2 Å². The lowest BCUT2D eigenvalue weighted by atomic mass is 10.1. The van der Waals surface area contributed by atoms with E-state index in [1.807, 2.05) is 37.4 Å². The molecule has 2 rings (SSSR count). The van der Waals surface area contributed by atoms with Gasteiger partial charge in [-0.3, -0.25) is 4.99 Å². The lowest BCUT2D eigenvalue weighted by Crippen LogP contribution is -2.40. The Balaban J connectivity index is 0.00000288. The normalized spacial score (nSPS) is 17.5. The van der Waals surface area contributed by atoms with Gasteiger partial charge in [-0.1, -0.05) is 18.2 Å². The van der Waals surface area contributed by atoms with Gasteiger partial charge in [-0.25, -0.2) is 0 Å². The minimum absolute atomic E-state index is 0. The molecule has 6 heteroatoms. The molecule has 5 nitrogen and oxygen atoms in total. The number of para-hydroxylation sites is 1. The van der Waals surface area contributed by atoms with Crippen molar-refractivity contribution >= 4 is 29.9 Å². The van der Waals surface area contributed by atoms with Crippen LogP contribution in [0.4, 0.5) is 0 Å². The number of nitrogens with one attached hydrogen (secondary N) is 1. The lowest BCUT2D eigenvalue weighted by Gasteiger charge is -2.21. The summed E-state index contributed by atoms with van der Waals surface area (Å²) in [6.07, 6.45) is 3.28. The maximum atomic E-state index is 5.70. The molecule has 1 N–H and O–H groups in total. The van der Waals surface area contributed by atoms with Gasteiger partial charge in [0.25, 0.3) is 0 Å². The maximum Gasteiger partial charge on any atom is 0.193 e. The summed E-state index contributed by atoms with van der Waals surface area (Å²) in [5, 5.41) is 3.45. The molecular formula is C18H30IN3O2. The summed E-state index contributed by atoms with van der Waals surface area (Å²) in [5.74, 6) is 2.57. The van der Waals surface area contributed by atoms with Gasteiger partial charge in [0, 0.05) is 39.7 Å². The number of benzene rings is 1. The van der Waals surface area contributed by atoms with E-state index in [1.165, 1.54) is 6.42 Å². The first kappa shape index (κ1) is 21.0. The van der Waals surface area contributed by atoms with Gasteiger partial charge in [-0.15, -0.1) is 24.0 Å². The van der Waals surface area contributed by atoms with Gasteiger partial charge in [0.05, 0.1) is 13.2 Å². The Morgan fingerprint density at radius 3 is 2.79 bits per heavy atom. The summed E-state index contributed by atoms with van der Waals surface area (Å²) >= 11 is 0. The van der Waals surface area contributed by atoms with Crippen LogP contribution in [0.1, 0.15) is 19.3 Å². The second kappa shape index (κ2) is 12.4. The fourth-order valence-electron chi connectivity index (χ4n) is 2.86. The van der Waals surface area contributed by atoms with E-state index in [9.17, 15) is 0 Å². The number of nitrogens with zero attached hydrogens (tertiary/aromatic N) is 2. The third-order valence-electron chi connectivity index (χ3n) is 4.07. The molecule has 1 aromatic carbocycles. The molecule has 1 aromatic rings. The number of hydrogen-bond donors (Lipinski definition) is 1. The predicted molar refractivity (Wildman–Crippen MR) is 110 cm³/mol. The number of guanidine groups is 1. The zero-order valence-electron chi connectivity index (χ0n) is 14.7. The molecule has 24 heavy (non-hydrogen) atoms. The Kier molecular flexibility index (Phi) is 10.8. The average Bonchev–Trinajstić information content (AvgIpc) is 3.04. The van der Waals surface area contributed by atoms with Gasteiger partial charge < -0.3 is 19.7 Å². The van der Waals surface area contributed by atoms with E-state index >= 15 is 0 Å². The van der Waals surface area contributed by atoms with Crippen LogP contribution in [0, 0.1) is 5.92 Å². The second-order valence-electron chi connectivity index (χ2n) is 5.90. The van der Waals surface area contributed by atoms with Crippen molar-refractivity contribution in [3.8, 4) is 5.75 Å². The largest absolute Gasteiger partial charge is 0.494 e. The number of aliphatic imine (C=N–C) groups is 1. The van der Waals surface area contributed by atoms with Gasteiger partial charge in [-0.2, -0.15) is 0 Å². The van der Waals surface area contributed by atoms with Crippen molar-refractivity contribution in [1.29, 1.82) is 0 Å². The molecule has 1 heterocycles. The van der Waals surface area contributed by atoms with Crippen LogP contribution >= 0.6 is 24.0 Å². The molecule has 0 bridgehead atoms. The van der Waals surface area contributed by atoms with Crippen molar-refractivity contribution in [1.82, 2.24) is 10.2 Å². The molecule has 136 valence electrons. The maximum absolute atomic E-state index is 5.70. The van der Waals surface area contributed by atoms with E-state index < -0.39 is 0 Å². The Hall–Kier alpha value is -1.02. The van der Waals surface area contributed by atoms with Crippen molar-refractivity contribution in [3.63, 3.8) is 0 Å². The molecule has 0 spiro atoms. The van der Waals surface area contributed by atoms with Crippen molar-refractivity contribution < 1.29 is 9.47 Å². The molecule has 1 unspecified atom stereocenters. The zero-order valence-corrected chi connectivity index (χ0v) is 17.1. The number of ether oxygens (including phenoxy) is 2. The minimum atomic E-state index is 0. The highest BCUT2D eigenvalue weighted by Crippen LogP contribution is 2.16. The van der Waals surface area contributed by atoms with Crippen molar-refractivity contribution in [3.05, 3.63) is 30.3 Å². The van der Waals surface area contributed by atoms with Crippen molar-refractivity contribution in [2.75, 3.05) is 47.0 Å². The second-order valence-corrected chi connectivity index (χ2v) is 5.90. The van der Waals surface area contributed by atoms with Crippen molar-refractivity contribution in [2.45, 2.75) is 19.3 Å². The van der Waals surface area contributed by atoms with Crippen LogP contribution in [0.25, 0.3) is 0 Å². The van der Waals surface area contributed by atoms with Gasteiger partial charge in [0.1, 0.15) is 5.75 Å². The summed E-state index contributed by atoms with van der Waals surface area (Å²) in [5.41, 5.74) is 0. The Bertz CT molecular complexity index is 471.